The normalized spacial score (nSPS) is 11.4. The number of methoxy groups -OCH3 is 1. The summed E-state index contributed by atoms with van der Waals surface area (Å²) in [5, 5.41) is 2.90. The van der Waals surface area contributed by atoms with Crippen molar-refractivity contribution in [3.8, 4) is 5.75 Å². The van der Waals surface area contributed by atoms with Crippen LogP contribution in [0.15, 0.2) is 54.6 Å². The largest absolute Gasteiger partial charge is 0.497 e. The molecule has 2 aromatic rings. The van der Waals surface area contributed by atoms with Gasteiger partial charge >= 0.3 is 5.97 Å². The van der Waals surface area contributed by atoms with Gasteiger partial charge in [-0.2, -0.15) is 0 Å². The van der Waals surface area contributed by atoms with Crippen molar-refractivity contribution in [2.75, 3.05) is 13.7 Å². The van der Waals surface area contributed by atoms with Gasteiger partial charge in [0, 0.05) is 5.56 Å². The third-order valence-electron chi connectivity index (χ3n) is 3.54. The average molecular weight is 327 g/mol. The minimum Gasteiger partial charge on any atom is -0.497 e. The molecule has 0 spiro atoms. The molecule has 0 aliphatic rings. The van der Waals surface area contributed by atoms with Crippen LogP contribution < -0.4 is 10.1 Å². The molecule has 2 rings (SSSR count). The van der Waals surface area contributed by atoms with Crippen molar-refractivity contribution in [1.29, 1.82) is 0 Å². The first kappa shape index (κ1) is 17.5. The van der Waals surface area contributed by atoms with Crippen LogP contribution in [0.25, 0.3) is 0 Å². The van der Waals surface area contributed by atoms with Gasteiger partial charge < -0.3 is 14.8 Å². The summed E-state index contributed by atoms with van der Waals surface area (Å²) in [6.45, 7) is 2.06. The van der Waals surface area contributed by atoms with E-state index in [4.69, 9.17) is 9.47 Å². The standard InChI is InChI=1S/C19H21NO4/c1-3-24-18(21)13-17(14-9-11-16(23-2)12-10-14)20-19(22)15-7-5-4-6-8-15/h4-12,17H,3,13H2,1-2H3,(H,20,22)/t17-/m0/s1. The Kier molecular flexibility index (Phi) is 6.37. The molecular formula is C19H21NO4. The molecule has 0 aliphatic carbocycles. The molecule has 0 aliphatic heterocycles. The molecule has 5 nitrogen and oxygen atoms in total. The summed E-state index contributed by atoms with van der Waals surface area (Å²) in [6, 6.07) is 15.7. The topological polar surface area (TPSA) is 64.6 Å². The molecule has 0 saturated carbocycles. The molecule has 1 atom stereocenters. The molecule has 5 heteroatoms. The van der Waals surface area contributed by atoms with Gasteiger partial charge in [-0.15, -0.1) is 0 Å². The Hall–Kier alpha value is -2.82. The van der Waals surface area contributed by atoms with Gasteiger partial charge in [0.25, 0.3) is 5.91 Å². The first-order chi connectivity index (χ1) is 11.6. The fourth-order valence-electron chi connectivity index (χ4n) is 2.31. The molecule has 0 radical (unpaired) electrons. The summed E-state index contributed by atoms with van der Waals surface area (Å²) >= 11 is 0. The number of benzene rings is 2. The summed E-state index contributed by atoms with van der Waals surface area (Å²) in [7, 11) is 1.59. The average Bonchev–Trinajstić information content (AvgIpc) is 2.62. The zero-order valence-corrected chi connectivity index (χ0v) is 13.8. The van der Waals surface area contributed by atoms with Crippen molar-refractivity contribution in [2.45, 2.75) is 19.4 Å². The summed E-state index contributed by atoms with van der Waals surface area (Å²) in [5.41, 5.74) is 1.35. The van der Waals surface area contributed by atoms with E-state index in [-0.39, 0.29) is 18.3 Å². The molecular weight excluding hydrogens is 306 g/mol. The molecule has 1 N–H and O–H groups in total. The van der Waals surface area contributed by atoms with Crippen LogP contribution in [-0.4, -0.2) is 25.6 Å². The van der Waals surface area contributed by atoms with Crippen molar-refractivity contribution in [3.63, 3.8) is 0 Å². The lowest BCUT2D eigenvalue weighted by Crippen LogP contribution is -2.30. The van der Waals surface area contributed by atoms with E-state index in [1.165, 1.54) is 0 Å². The van der Waals surface area contributed by atoms with Gasteiger partial charge in [0.05, 0.1) is 26.2 Å². The third kappa shape index (κ3) is 4.84. The maximum absolute atomic E-state index is 12.4. The van der Waals surface area contributed by atoms with Crippen molar-refractivity contribution < 1.29 is 19.1 Å². The molecule has 126 valence electrons. The molecule has 0 heterocycles. The smallest absolute Gasteiger partial charge is 0.308 e. The predicted octanol–water partition coefficient (Wildman–Crippen LogP) is 3.12. The molecule has 0 fully saturated rings. The van der Waals surface area contributed by atoms with E-state index < -0.39 is 6.04 Å². The Labute approximate surface area is 141 Å². The fraction of sp³-hybridized carbons (Fsp3) is 0.263. The number of esters is 1. The van der Waals surface area contributed by atoms with Crippen LogP contribution in [0, 0.1) is 0 Å². The lowest BCUT2D eigenvalue weighted by Gasteiger charge is -2.19. The Bertz CT molecular complexity index is 668. The van der Waals surface area contributed by atoms with E-state index in [9.17, 15) is 9.59 Å². The van der Waals surface area contributed by atoms with Gasteiger partial charge in [0.1, 0.15) is 5.75 Å². The zero-order chi connectivity index (χ0) is 17.4. The highest BCUT2D eigenvalue weighted by atomic mass is 16.5. The number of hydrogen-bond acceptors (Lipinski definition) is 4. The van der Waals surface area contributed by atoms with Crippen LogP contribution in [0.5, 0.6) is 5.75 Å². The third-order valence-corrected chi connectivity index (χ3v) is 3.54. The van der Waals surface area contributed by atoms with Gasteiger partial charge in [0.15, 0.2) is 0 Å². The van der Waals surface area contributed by atoms with E-state index in [0.29, 0.717) is 17.9 Å². The van der Waals surface area contributed by atoms with Crippen LogP contribution in [0.3, 0.4) is 0 Å². The fourth-order valence-corrected chi connectivity index (χ4v) is 2.31. The number of hydrogen-bond donors (Lipinski definition) is 1. The molecule has 0 bridgehead atoms. The SMILES string of the molecule is CCOC(=O)C[C@H](NC(=O)c1ccccc1)c1ccc(OC)cc1. The molecule has 24 heavy (non-hydrogen) atoms. The summed E-state index contributed by atoms with van der Waals surface area (Å²) in [4.78, 5) is 24.3. The predicted molar refractivity (Wildman–Crippen MR) is 90.9 cm³/mol. The second-order valence-electron chi connectivity index (χ2n) is 5.17. The summed E-state index contributed by atoms with van der Waals surface area (Å²) in [6.07, 6.45) is 0.0682. The van der Waals surface area contributed by atoms with Crippen LogP contribution >= 0.6 is 0 Å². The van der Waals surface area contributed by atoms with Crippen LogP contribution in [-0.2, 0) is 9.53 Å². The monoisotopic (exact) mass is 327 g/mol. The first-order valence-electron chi connectivity index (χ1n) is 7.79. The van der Waals surface area contributed by atoms with Gasteiger partial charge in [-0.3, -0.25) is 9.59 Å². The van der Waals surface area contributed by atoms with Crippen molar-refractivity contribution in [2.24, 2.45) is 0 Å². The molecule has 2 aromatic carbocycles. The van der Waals surface area contributed by atoms with Gasteiger partial charge in [-0.25, -0.2) is 0 Å². The highest BCUT2D eigenvalue weighted by Crippen LogP contribution is 2.21. The zero-order valence-electron chi connectivity index (χ0n) is 13.8. The van der Waals surface area contributed by atoms with E-state index >= 15 is 0 Å². The van der Waals surface area contributed by atoms with Crippen molar-refractivity contribution in [3.05, 3.63) is 65.7 Å². The Morgan fingerprint density at radius 1 is 1.04 bits per heavy atom. The highest BCUT2D eigenvalue weighted by molar-refractivity contribution is 5.94. The minimum absolute atomic E-state index is 0.0682. The molecule has 0 aromatic heterocycles. The van der Waals surface area contributed by atoms with Crippen LogP contribution in [0.1, 0.15) is 35.3 Å². The number of carbonyl (C=O) groups excluding carboxylic acids is 2. The second-order valence-corrected chi connectivity index (χ2v) is 5.17. The Morgan fingerprint density at radius 3 is 2.29 bits per heavy atom. The van der Waals surface area contributed by atoms with Crippen molar-refractivity contribution in [1.82, 2.24) is 5.32 Å². The number of carbonyl (C=O) groups is 2. The number of nitrogens with one attached hydrogen (secondary N) is 1. The van der Waals surface area contributed by atoms with E-state index in [1.54, 1.807) is 50.4 Å². The number of ether oxygens (including phenoxy) is 2. The highest BCUT2D eigenvalue weighted by Gasteiger charge is 2.20. The maximum Gasteiger partial charge on any atom is 0.308 e. The number of rotatable bonds is 7. The maximum atomic E-state index is 12.4. The van der Waals surface area contributed by atoms with E-state index in [0.717, 1.165) is 5.56 Å². The van der Waals surface area contributed by atoms with E-state index in [1.807, 2.05) is 18.2 Å². The Balaban J connectivity index is 2.18. The van der Waals surface area contributed by atoms with Gasteiger partial charge in [-0.1, -0.05) is 30.3 Å². The van der Waals surface area contributed by atoms with E-state index in [2.05, 4.69) is 5.32 Å². The quantitative estimate of drug-likeness (QED) is 0.794. The lowest BCUT2D eigenvalue weighted by atomic mass is 10.0. The summed E-state index contributed by atoms with van der Waals surface area (Å²) < 4.78 is 10.2. The summed E-state index contributed by atoms with van der Waals surface area (Å²) in [5.74, 6) is 0.121. The Morgan fingerprint density at radius 2 is 1.71 bits per heavy atom. The molecule has 0 unspecified atom stereocenters. The van der Waals surface area contributed by atoms with Crippen LogP contribution in [0.2, 0.25) is 0 Å². The first-order valence-corrected chi connectivity index (χ1v) is 7.79. The van der Waals surface area contributed by atoms with Crippen LogP contribution in [0.4, 0.5) is 0 Å². The van der Waals surface area contributed by atoms with Crippen molar-refractivity contribution >= 4 is 11.9 Å². The second kappa shape index (κ2) is 8.72. The molecule has 1 amide bonds. The number of amides is 1. The lowest BCUT2D eigenvalue weighted by molar-refractivity contribution is -0.143. The van der Waals surface area contributed by atoms with Gasteiger partial charge in [0.2, 0.25) is 0 Å². The van der Waals surface area contributed by atoms with Gasteiger partial charge in [-0.05, 0) is 36.8 Å². The minimum atomic E-state index is -0.470. The molecule has 0 saturated heterocycles.